The molecule has 0 bridgehead atoms. The van der Waals surface area contributed by atoms with E-state index in [0.29, 0.717) is 10.9 Å². The minimum absolute atomic E-state index is 0.0865. The minimum Gasteiger partial charge on any atom is -0.459 e. The average molecular weight is 367 g/mol. The van der Waals surface area contributed by atoms with E-state index in [9.17, 15) is 4.39 Å². The molecule has 4 nitrogen and oxygen atoms in total. The van der Waals surface area contributed by atoms with Gasteiger partial charge in [-0.05, 0) is 67.7 Å². The zero-order chi connectivity index (χ0) is 18.1. The third kappa shape index (κ3) is 2.97. The number of benzene rings is 1. The van der Waals surface area contributed by atoms with E-state index in [2.05, 4.69) is 22.1 Å². The summed E-state index contributed by atoms with van der Waals surface area (Å²) in [4.78, 5) is 6.58. The van der Waals surface area contributed by atoms with Gasteiger partial charge in [0.25, 0.3) is 0 Å². The van der Waals surface area contributed by atoms with Gasteiger partial charge < -0.3 is 14.6 Å². The van der Waals surface area contributed by atoms with Gasteiger partial charge in [0.15, 0.2) is 5.11 Å². The first-order valence-corrected chi connectivity index (χ1v) is 8.92. The Labute approximate surface area is 156 Å². The molecule has 1 fully saturated rings. The zero-order valence-corrected chi connectivity index (χ0v) is 15.0. The molecule has 0 unspecified atom stereocenters. The van der Waals surface area contributed by atoms with Crippen molar-refractivity contribution in [1.82, 2.24) is 15.2 Å². The minimum atomic E-state index is -0.266. The predicted molar refractivity (Wildman–Crippen MR) is 102 cm³/mol. The summed E-state index contributed by atoms with van der Waals surface area (Å²) in [6, 6.07) is 15.8. The van der Waals surface area contributed by atoms with E-state index in [0.717, 1.165) is 23.6 Å². The van der Waals surface area contributed by atoms with Crippen LogP contribution >= 0.6 is 12.2 Å². The molecule has 26 heavy (non-hydrogen) atoms. The molecule has 0 radical (unpaired) electrons. The van der Waals surface area contributed by atoms with Crippen LogP contribution in [-0.2, 0) is 0 Å². The Morgan fingerprint density at radius 1 is 1.15 bits per heavy atom. The van der Waals surface area contributed by atoms with Gasteiger partial charge in [-0.1, -0.05) is 6.07 Å². The van der Waals surface area contributed by atoms with E-state index in [-0.39, 0.29) is 17.9 Å². The van der Waals surface area contributed by atoms with Crippen molar-refractivity contribution in [2.45, 2.75) is 19.0 Å². The van der Waals surface area contributed by atoms with Gasteiger partial charge in [0, 0.05) is 18.3 Å². The van der Waals surface area contributed by atoms with Gasteiger partial charge in [0.05, 0.1) is 11.7 Å². The number of halogens is 1. The highest BCUT2D eigenvalue weighted by Gasteiger charge is 2.40. The molecule has 2 atom stereocenters. The number of likely N-dealkylation sites (N-methyl/N-ethyl adjacent to an activating group) is 1. The topological polar surface area (TPSA) is 41.3 Å². The lowest BCUT2D eigenvalue weighted by Gasteiger charge is -2.24. The molecule has 132 valence electrons. The summed E-state index contributed by atoms with van der Waals surface area (Å²) in [7, 11) is 0. The normalized spacial score (nSPS) is 19.6. The van der Waals surface area contributed by atoms with Crippen LogP contribution in [0.1, 0.15) is 30.5 Å². The largest absolute Gasteiger partial charge is 0.459 e. The number of thiocarbonyl (C=S) groups is 1. The monoisotopic (exact) mass is 367 g/mol. The van der Waals surface area contributed by atoms with E-state index in [1.807, 2.05) is 30.3 Å². The number of nitrogens with one attached hydrogen (secondary N) is 1. The van der Waals surface area contributed by atoms with Crippen molar-refractivity contribution >= 4 is 17.3 Å². The lowest BCUT2D eigenvalue weighted by Crippen LogP contribution is -2.29. The van der Waals surface area contributed by atoms with Crippen molar-refractivity contribution in [1.29, 1.82) is 0 Å². The third-order valence-electron chi connectivity index (χ3n) is 4.59. The molecule has 3 heterocycles. The molecule has 0 spiro atoms. The molecule has 1 aliphatic rings. The number of furan rings is 1. The number of hydrogen-bond acceptors (Lipinski definition) is 3. The smallest absolute Gasteiger partial charge is 0.170 e. The summed E-state index contributed by atoms with van der Waals surface area (Å²) in [6.07, 6.45) is 1.78. The molecule has 0 amide bonds. The Morgan fingerprint density at radius 3 is 2.65 bits per heavy atom. The summed E-state index contributed by atoms with van der Waals surface area (Å²) in [5, 5.41) is 4.05. The van der Waals surface area contributed by atoms with E-state index < -0.39 is 0 Å². The summed E-state index contributed by atoms with van der Waals surface area (Å²) in [5.41, 5.74) is 1.75. The van der Waals surface area contributed by atoms with Crippen LogP contribution in [0.15, 0.2) is 65.2 Å². The zero-order valence-electron chi connectivity index (χ0n) is 14.2. The van der Waals surface area contributed by atoms with Crippen LogP contribution in [0.2, 0.25) is 0 Å². The van der Waals surface area contributed by atoms with E-state index in [4.69, 9.17) is 16.6 Å². The number of nitrogens with zero attached hydrogens (tertiary/aromatic N) is 2. The van der Waals surface area contributed by atoms with Gasteiger partial charge in [0.2, 0.25) is 0 Å². The number of aromatic nitrogens is 1. The molecule has 3 aromatic rings. The van der Waals surface area contributed by atoms with Gasteiger partial charge in [-0.25, -0.2) is 4.39 Å². The highest BCUT2D eigenvalue weighted by Crippen LogP contribution is 2.40. The lowest BCUT2D eigenvalue weighted by molar-refractivity contribution is 0.284. The van der Waals surface area contributed by atoms with Gasteiger partial charge >= 0.3 is 0 Å². The van der Waals surface area contributed by atoms with Crippen LogP contribution in [0.25, 0.3) is 11.3 Å². The first-order valence-electron chi connectivity index (χ1n) is 8.51. The standard InChI is InChI=1S/C20H18FN3OS/c1-2-24-19(18(23-20(24)26)15-5-3-4-12-22-15)17-11-10-16(25-17)13-6-8-14(21)9-7-13/h3-12,18-19H,2H2,1H3,(H,23,26)/t18-,19-/m0/s1. The molecular weight excluding hydrogens is 349 g/mol. The number of rotatable bonds is 4. The van der Waals surface area contributed by atoms with Crippen LogP contribution < -0.4 is 5.32 Å². The molecule has 1 aliphatic heterocycles. The van der Waals surface area contributed by atoms with Gasteiger partial charge in [0.1, 0.15) is 23.4 Å². The summed E-state index contributed by atoms with van der Waals surface area (Å²) >= 11 is 5.51. The molecular formula is C20H18FN3OS. The average Bonchev–Trinajstić information content (AvgIpc) is 3.27. The summed E-state index contributed by atoms with van der Waals surface area (Å²) in [6.45, 7) is 2.82. The van der Waals surface area contributed by atoms with Crippen LogP contribution in [0.5, 0.6) is 0 Å². The fourth-order valence-electron chi connectivity index (χ4n) is 3.34. The third-order valence-corrected chi connectivity index (χ3v) is 4.94. The predicted octanol–water partition coefficient (Wildman–Crippen LogP) is 4.47. The molecule has 4 rings (SSSR count). The second kappa shape index (κ2) is 6.88. The molecule has 1 N–H and O–H groups in total. The number of hydrogen-bond donors (Lipinski definition) is 1. The Morgan fingerprint density at radius 2 is 1.96 bits per heavy atom. The first-order chi connectivity index (χ1) is 12.7. The van der Waals surface area contributed by atoms with Crippen molar-refractivity contribution in [3.63, 3.8) is 0 Å². The highest BCUT2D eigenvalue weighted by atomic mass is 32.1. The van der Waals surface area contributed by atoms with E-state index >= 15 is 0 Å². The second-order valence-corrected chi connectivity index (χ2v) is 6.51. The highest BCUT2D eigenvalue weighted by molar-refractivity contribution is 7.80. The Kier molecular flexibility index (Phi) is 4.42. The SMILES string of the molecule is CCN1C(=S)N[C@@H](c2ccccn2)[C@@H]1c1ccc(-c2ccc(F)cc2)o1. The Hall–Kier alpha value is -2.73. The van der Waals surface area contributed by atoms with E-state index in [1.165, 1.54) is 12.1 Å². The van der Waals surface area contributed by atoms with Gasteiger partial charge in [-0.2, -0.15) is 0 Å². The van der Waals surface area contributed by atoms with E-state index in [1.54, 1.807) is 18.3 Å². The van der Waals surface area contributed by atoms with Crippen LogP contribution in [-0.4, -0.2) is 21.5 Å². The summed E-state index contributed by atoms with van der Waals surface area (Å²) < 4.78 is 19.3. The molecule has 2 aromatic heterocycles. The van der Waals surface area contributed by atoms with Crippen molar-refractivity contribution in [2.75, 3.05) is 6.54 Å². The fourth-order valence-corrected chi connectivity index (χ4v) is 3.71. The Bertz CT molecular complexity index is 910. The lowest BCUT2D eigenvalue weighted by atomic mass is 10.0. The van der Waals surface area contributed by atoms with Crippen LogP contribution in [0, 0.1) is 5.82 Å². The molecule has 1 saturated heterocycles. The van der Waals surface area contributed by atoms with Crippen molar-refractivity contribution in [3.05, 3.63) is 78.1 Å². The number of pyridine rings is 1. The van der Waals surface area contributed by atoms with Gasteiger partial charge in [-0.3, -0.25) is 4.98 Å². The van der Waals surface area contributed by atoms with Crippen LogP contribution in [0.3, 0.4) is 0 Å². The quantitative estimate of drug-likeness (QED) is 0.689. The van der Waals surface area contributed by atoms with Gasteiger partial charge in [-0.15, -0.1) is 0 Å². The first kappa shape index (κ1) is 16.7. The maximum atomic E-state index is 13.2. The molecule has 1 aromatic carbocycles. The maximum Gasteiger partial charge on any atom is 0.170 e. The summed E-state index contributed by atoms with van der Waals surface area (Å²) in [5.74, 6) is 1.24. The fraction of sp³-hybridized carbons (Fsp3) is 0.200. The van der Waals surface area contributed by atoms with Crippen molar-refractivity contribution in [2.24, 2.45) is 0 Å². The molecule has 6 heteroatoms. The van der Waals surface area contributed by atoms with Crippen molar-refractivity contribution < 1.29 is 8.81 Å². The second-order valence-electron chi connectivity index (χ2n) is 6.12. The Balaban J connectivity index is 1.71. The molecule has 0 aliphatic carbocycles. The van der Waals surface area contributed by atoms with Crippen LogP contribution in [0.4, 0.5) is 4.39 Å². The maximum absolute atomic E-state index is 13.2. The van der Waals surface area contributed by atoms with Crippen molar-refractivity contribution in [3.8, 4) is 11.3 Å². The molecule has 0 saturated carbocycles.